The molecule has 1 atom stereocenters. The van der Waals surface area contributed by atoms with Crippen LogP contribution in [0.3, 0.4) is 0 Å². The van der Waals surface area contributed by atoms with Crippen molar-refractivity contribution in [3.8, 4) is 6.07 Å². The predicted molar refractivity (Wildman–Crippen MR) is 168 cm³/mol. The maximum Gasteiger partial charge on any atom is 0.490 e. The van der Waals surface area contributed by atoms with Gasteiger partial charge in [0, 0.05) is 44.7 Å². The van der Waals surface area contributed by atoms with Crippen LogP contribution in [0, 0.1) is 11.3 Å². The molecule has 4 rings (SSSR count). The molecule has 1 saturated heterocycles. The number of methoxy groups -OCH3 is 1. The second-order valence-electron chi connectivity index (χ2n) is 11.1. The summed E-state index contributed by atoms with van der Waals surface area (Å²) in [5, 5.41) is 16.1. The number of ether oxygens (including phenoxy) is 2. The molecule has 254 valence electrons. The Kier molecular flexibility index (Phi) is 13.1. The fourth-order valence-electron chi connectivity index (χ4n) is 5.30. The zero-order valence-corrected chi connectivity index (χ0v) is 26.7. The summed E-state index contributed by atoms with van der Waals surface area (Å²) in [6.07, 6.45) is 9.67. The number of aliphatic carboxylic acids is 1. The molecule has 1 aromatic rings. The number of carboxylic acids is 1. The van der Waals surface area contributed by atoms with Gasteiger partial charge in [-0.2, -0.15) is 18.4 Å². The summed E-state index contributed by atoms with van der Waals surface area (Å²) in [4.78, 5) is 23.6. The van der Waals surface area contributed by atoms with Crippen LogP contribution in [0.15, 0.2) is 83.0 Å². The van der Waals surface area contributed by atoms with Crippen molar-refractivity contribution in [1.29, 1.82) is 5.26 Å². The maximum atomic E-state index is 13.7. The van der Waals surface area contributed by atoms with Crippen LogP contribution >= 0.6 is 0 Å². The van der Waals surface area contributed by atoms with E-state index in [2.05, 4.69) is 41.3 Å². The molecule has 10 nitrogen and oxygen atoms in total. The number of primary amides is 1. The second kappa shape index (κ2) is 16.6. The molecular weight excluding hydrogens is 639 g/mol. The van der Waals surface area contributed by atoms with E-state index in [-0.39, 0.29) is 23.7 Å². The third kappa shape index (κ3) is 9.90. The molecule has 1 aromatic carbocycles. The van der Waals surface area contributed by atoms with E-state index >= 15 is 0 Å². The molecule has 1 amide bonds. The molecule has 0 saturated carbocycles. The highest BCUT2D eigenvalue weighted by Gasteiger charge is 2.52. The molecule has 14 heteroatoms. The average Bonchev–Trinajstić information content (AvgIpc) is 3.30. The van der Waals surface area contributed by atoms with Crippen molar-refractivity contribution in [3.63, 3.8) is 0 Å². The van der Waals surface area contributed by atoms with Crippen molar-refractivity contribution in [1.82, 2.24) is 4.90 Å². The number of benzene rings is 1. The number of alkyl halides is 3. The lowest BCUT2D eigenvalue weighted by Gasteiger charge is -2.39. The number of rotatable bonds is 11. The smallest absolute Gasteiger partial charge is 0.490 e. The van der Waals surface area contributed by atoms with Gasteiger partial charge in [-0.25, -0.2) is 13.2 Å². The highest BCUT2D eigenvalue weighted by molar-refractivity contribution is 7.97. The molecule has 2 aliphatic carbocycles. The second-order valence-corrected chi connectivity index (χ2v) is 13.4. The van der Waals surface area contributed by atoms with Gasteiger partial charge in [0.2, 0.25) is 5.91 Å². The highest BCUT2D eigenvalue weighted by atomic mass is 32.2. The number of carbonyl (C=O) groups is 2. The van der Waals surface area contributed by atoms with E-state index < -0.39 is 32.6 Å². The molecule has 1 aliphatic heterocycles. The van der Waals surface area contributed by atoms with Crippen LogP contribution in [0.25, 0.3) is 0 Å². The average molecular weight is 678 g/mol. The van der Waals surface area contributed by atoms with E-state index in [1.165, 1.54) is 11.6 Å². The SMILES string of the molecule is COCCN1CCC(C(N)=O)(S(=O)(=O)C2=CCC=C(OCCc3ccc(C4C=CC(C#N)=CC4)cc3)C=C2)CC1.O=C(O)C(F)(F)F. The van der Waals surface area contributed by atoms with Gasteiger partial charge < -0.3 is 25.2 Å². The first-order chi connectivity index (χ1) is 22.2. The Bertz CT molecular complexity index is 1580. The largest absolute Gasteiger partial charge is 0.494 e. The molecule has 3 N–H and O–H groups in total. The summed E-state index contributed by atoms with van der Waals surface area (Å²) in [6, 6.07) is 10.6. The zero-order chi connectivity index (χ0) is 34.7. The number of allylic oxidation sites excluding steroid dienone is 8. The molecule has 0 aromatic heterocycles. The Morgan fingerprint density at radius 2 is 1.74 bits per heavy atom. The van der Waals surface area contributed by atoms with Gasteiger partial charge in [-0.15, -0.1) is 0 Å². The summed E-state index contributed by atoms with van der Waals surface area (Å²) in [5.74, 6) is -2.69. The summed E-state index contributed by atoms with van der Waals surface area (Å²) in [5.41, 5.74) is 8.77. The van der Waals surface area contributed by atoms with Gasteiger partial charge in [0.05, 0.1) is 24.2 Å². The van der Waals surface area contributed by atoms with Crippen LogP contribution in [-0.4, -0.2) is 81.2 Å². The number of piperidine rings is 1. The van der Waals surface area contributed by atoms with Crippen molar-refractivity contribution in [2.24, 2.45) is 5.73 Å². The van der Waals surface area contributed by atoms with E-state index in [4.69, 9.17) is 30.4 Å². The molecule has 47 heavy (non-hydrogen) atoms. The Morgan fingerprint density at radius 3 is 2.28 bits per heavy atom. The number of nitrogens with two attached hydrogens (primary N) is 1. The topological polar surface area (TPSA) is 160 Å². The fraction of sp³-hybridized carbons (Fsp3) is 0.424. The number of carboxylic acid groups (broad SMARTS) is 1. The van der Waals surface area contributed by atoms with Gasteiger partial charge in [0.25, 0.3) is 0 Å². The molecule has 1 fully saturated rings. The lowest BCUT2D eigenvalue weighted by Crippen LogP contribution is -2.57. The minimum atomic E-state index is -5.08. The first-order valence-corrected chi connectivity index (χ1v) is 16.4. The third-order valence-corrected chi connectivity index (χ3v) is 10.7. The lowest BCUT2D eigenvalue weighted by molar-refractivity contribution is -0.192. The monoisotopic (exact) mass is 677 g/mol. The number of amides is 1. The van der Waals surface area contributed by atoms with Crippen molar-refractivity contribution in [3.05, 3.63) is 94.2 Å². The number of likely N-dealkylation sites (tertiary alicyclic amines) is 1. The molecule has 3 aliphatic rings. The summed E-state index contributed by atoms with van der Waals surface area (Å²) < 4.78 is 68.6. The van der Waals surface area contributed by atoms with Crippen molar-refractivity contribution < 1.29 is 45.8 Å². The number of nitriles is 1. The van der Waals surface area contributed by atoms with Gasteiger partial charge in [-0.05, 0) is 61.1 Å². The molecule has 1 unspecified atom stereocenters. The van der Waals surface area contributed by atoms with Crippen LogP contribution in [0.5, 0.6) is 0 Å². The lowest BCUT2D eigenvalue weighted by atomic mass is 9.90. The van der Waals surface area contributed by atoms with Gasteiger partial charge in [-0.1, -0.05) is 42.5 Å². The van der Waals surface area contributed by atoms with Crippen molar-refractivity contribution >= 4 is 21.7 Å². The van der Waals surface area contributed by atoms with E-state index in [9.17, 15) is 26.4 Å². The van der Waals surface area contributed by atoms with Crippen LogP contribution in [-0.2, 0) is 35.3 Å². The predicted octanol–water partition coefficient (Wildman–Crippen LogP) is 4.48. The molecule has 0 spiro atoms. The fourth-order valence-corrected chi connectivity index (χ4v) is 7.30. The third-order valence-electron chi connectivity index (χ3n) is 8.14. The quantitative estimate of drug-likeness (QED) is 0.344. The summed E-state index contributed by atoms with van der Waals surface area (Å²) in [7, 11) is -2.37. The van der Waals surface area contributed by atoms with Gasteiger partial charge >= 0.3 is 12.1 Å². The molecular formula is C33H38F3N3O7S. The first-order valence-electron chi connectivity index (χ1n) is 14.9. The van der Waals surface area contributed by atoms with Crippen LogP contribution in [0.2, 0.25) is 0 Å². The molecule has 1 heterocycles. The van der Waals surface area contributed by atoms with Crippen LogP contribution in [0.1, 0.15) is 42.7 Å². The first kappa shape index (κ1) is 37.3. The summed E-state index contributed by atoms with van der Waals surface area (Å²) in [6.45, 7) is 2.60. The minimum Gasteiger partial charge on any atom is -0.494 e. The van der Waals surface area contributed by atoms with E-state index in [1.807, 2.05) is 18.2 Å². The Morgan fingerprint density at radius 1 is 1.09 bits per heavy atom. The normalized spacial score (nSPS) is 19.6. The zero-order valence-electron chi connectivity index (χ0n) is 25.9. The van der Waals surface area contributed by atoms with Crippen molar-refractivity contribution in [2.75, 3.05) is 40.0 Å². The van der Waals surface area contributed by atoms with Gasteiger partial charge in [-0.3, -0.25) is 4.79 Å². The van der Waals surface area contributed by atoms with Crippen LogP contribution in [0.4, 0.5) is 13.2 Å². The summed E-state index contributed by atoms with van der Waals surface area (Å²) >= 11 is 0. The van der Waals surface area contributed by atoms with Gasteiger partial charge in [0.1, 0.15) is 5.76 Å². The van der Waals surface area contributed by atoms with Gasteiger partial charge in [0.15, 0.2) is 14.6 Å². The number of nitrogens with zero attached hydrogens (tertiary/aromatic N) is 2. The van der Waals surface area contributed by atoms with E-state index in [0.29, 0.717) is 57.0 Å². The van der Waals surface area contributed by atoms with Crippen molar-refractivity contribution in [2.45, 2.75) is 48.9 Å². The van der Waals surface area contributed by atoms with E-state index in [0.717, 1.165) is 12.0 Å². The molecule has 0 bridgehead atoms. The minimum absolute atomic E-state index is 0.107. The molecule has 0 radical (unpaired) electrons. The Balaban J connectivity index is 0.000000771. The number of sulfone groups is 1. The number of hydrogen-bond donors (Lipinski definition) is 2. The maximum absolute atomic E-state index is 13.7. The number of hydrogen-bond acceptors (Lipinski definition) is 8. The van der Waals surface area contributed by atoms with E-state index in [1.54, 1.807) is 19.3 Å². The number of carbonyl (C=O) groups excluding carboxylic acids is 1. The number of halogens is 3. The standard InChI is InChI=1S/C31H37N3O5S.C2HF3O2/c1-38-22-20-34-18-16-31(17-19-34,30(33)35)40(36,37)29-4-2-3-28(13-14-29)39-21-15-24-5-9-26(10-6-24)27-11-7-25(23-32)8-12-27;3-2(4,5)1(6)7/h3-11,13-14,27H,2,12,15-22H2,1H3,(H2,33,35);(H,6,7). The Labute approximate surface area is 272 Å². The Hall–Kier alpha value is -4.19. The van der Waals surface area contributed by atoms with Crippen LogP contribution < -0.4 is 5.73 Å². The highest BCUT2D eigenvalue weighted by Crippen LogP contribution is 2.36.